The molecule has 1 aliphatic carbocycles. The van der Waals surface area contributed by atoms with Crippen LogP contribution in [0.25, 0.3) is 0 Å². The monoisotopic (exact) mass is 341 g/mol. The molecule has 0 radical (unpaired) electrons. The minimum atomic E-state index is -0.324. The molecule has 2 aromatic rings. The number of hydrogen-bond acceptors (Lipinski definition) is 3. The van der Waals surface area contributed by atoms with Crippen molar-refractivity contribution in [2.75, 3.05) is 13.1 Å². The average molecular weight is 341 g/mol. The van der Waals surface area contributed by atoms with Crippen molar-refractivity contribution in [3.05, 3.63) is 60.1 Å². The highest BCUT2D eigenvalue weighted by molar-refractivity contribution is 5.83. The molecule has 1 saturated carbocycles. The Morgan fingerprint density at radius 3 is 2.44 bits per heavy atom. The molecule has 3 amide bonds. The second-order valence-corrected chi connectivity index (χ2v) is 6.39. The van der Waals surface area contributed by atoms with Gasteiger partial charge in [0, 0.05) is 12.0 Å². The van der Waals surface area contributed by atoms with Crippen molar-refractivity contribution in [3.8, 4) is 0 Å². The summed E-state index contributed by atoms with van der Waals surface area (Å²) in [6, 6.07) is 13.5. The van der Waals surface area contributed by atoms with Crippen molar-refractivity contribution >= 4 is 11.9 Å². The molecule has 6 nitrogen and oxygen atoms in total. The van der Waals surface area contributed by atoms with Crippen LogP contribution in [0.3, 0.4) is 0 Å². The summed E-state index contributed by atoms with van der Waals surface area (Å²) in [5, 5.41) is 8.18. The third kappa shape index (κ3) is 4.41. The number of carbonyl (C=O) groups is 2. The summed E-state index contributed by atoms with van der Waals surface area (Å²) in [5.74, 6) is 0.417. The lowest BCUT2D eigenvalue weighted by Crippen LogP contribution is -2.49. The van der Waals surface area contributed by atoms with E-state index in [4.69, 9.17) is 4.42 Å². The molecular formula is C19H23N3O3. The highest BCUT2D eigenvalue weighted by Gasteiger charge is 2.38. The third-order valence-corrected chi connectivity index (χ3v) is 4.73. The van der Waals surface area contributed by atoms with Gasteiger partial charge in [-0.2, -0.15) is 0 Å². The van der Waals surface area contributed by atoms with Crippen LogP contribution < -0.4 is 16.0 Å². The van der Waals surface area contributed by atoms with E-state index < -0.39 is 0 Å². The zero-order valence-corrected chi connectivity index (χ0v) is 14.1. The predicted octanol–water partition coefficient (Wildman–Crippen LogP) is 2.32. The van der Waals surface area contributed by atoms with E-state index >= 15 is 0 Å². The topological polar surface area (TPSA) is 83.4 Å². The summed E-state index contributed by atoms with van der Waals surface area (Å²) in [6.07, 6.45) is 4.87. The molecule has 0 aliphatic heterocycles. The van der Waals surface area contributed by atoms with Gasteiger partial charge >= 0.3 is 6.03 Å². The number of carbonyl (C=O) groups excluding carboxylic acids is 2. The Morgan fingerprint density at radius 1 is 1.00 bits per heavy atom. The maximum atomic E-state index is 12.0. The van der Waals surface area contributed by atoms with Crippen molar-refractivity contribution in [2.24, 2.45) is 0 Å². The molecule has 1 heterocycles. The number of furan rings is 1. The van der Waals surface area contributed by atoms with Gasteiger partial charge in [0.2, 0.25) is 5.91 Å². The number of urea groups is 1. The molecule has 132 valence electrons. The van der Waals surface area contributed by atoms with Crippen LogP contribution in [0.15, 0.2) is 53.1 Å². The second-order valence-electron chi connectivity index (χ2n) is 6.39. The number of amides is 3. The van der Waals surface area contributed by atoms with Gasteiger partial charge in [-0.15, -0.1) is 0 Å². The third-order valence-electron chi connectivity index (χ3n) is 4.73. The van der Waals surface area contributed by atoms with Crippen LogP contribution in [0.4, 0.5) is 4.79 Å². The van der Waals surface area contributed by atoms with Crippen LogP contribution >= 0.6 is 0 Å². The molecule has 0 unspecified atom stereocenters. The summed E-state index contributed by atoms with van der Waals surface area (Å²) in [6.45, 7) is 0.827. The Bertz CT molecular complexity index is 694. The number of benzene rings is 1. The largest absolute Gasteiger partial charge is 0.467 e. The quantitative estimate of drug-likeness (QED) is 0.723. The Morgan fingerprint density at radius 2 is 1.80 bits per heavy atom. The molecule has 6 heteroatoms. The maximum Gasteiger partial charge on any atom is 0.315 e. The fourth-order valence-electron chi connectivity index (χ4n) is 3.10. The molecule has 1 fully saturated rings. The van der Waals surface area contributed by atoms with Crippen LogP contribution in [0.5, 0.6) is 0 Å². The van der Waals surface area contributed by atoms with Crippen molar-refractivity contribution in [3.63, 3.8) is 0 Å². The first-order valence-electron chi connectivity index (χ1n) is 8.54. The van der Waals surface area contributed by atoms with Crippen LogP contribution in [0.2, 0.25) is 0 Å². The molecule has 3 N–H and O–H groups in total. The molecule has 0 spiro atoms. The van der Waals surface area contributed by atoms with E-state index in [0.717, 1.165) is 12.8 Å². The highest BCUT2D eigenvalue weighted by atomic mass is 16.3. The van der Waals surface area contributed by atoms with Gasteiger partial charge < -0.3 is 20.4 Å². The van der Waals surface area contributed by atoms with E-state index in [-0.39, 0.29) is 23.9 Å². The fraction of sp³-hybridized carbons (Fsp3) is 0.368. The minimum absolute atomic E-state index is 0.0279. The lowest BCUT2D eigenvalue weighted by Gasteiger charge is -2.42. The van der Waals surface area contributed by atoms with Crippen molar-refractivity contribution in [2.45, 2.75) is 31.2 Å². The van der Waals surface area contributed by atoms with Gasteiger partial charge in [-0.25, -0.2) is 4.79 Å². The first-order valence-corrected chi connectivity index (χ1v) is 8.54. The Kier molecular flexibility index (Phi) is 5.38. The predicted molar refractivity (Wildman–Crippen MR) is 93.9 cm³/mol. The maximum absolute atomic E-state index is 12.0. The first kappa shape index (κ1) is 17.1. The van der Waals surface area contributed by atoms with Crippen LogP contribution in [0, 0.1) is 0 Å². The summed E-state index contributed by atoms with van der Waals surface area (Å²) in [5.41, 5.74) is 1.29. The van der Waals surface area contributed by atoms with Crippen molar-refractivity contribution in [1.29, 1.82) is 0 Å². The second kappa shape index (κ2) is 7.88. The summed E-state index contributed by atoms with van der Waals surface area (Å²) < 4.78 is 5.13. The first-order chi connectivity index (χ1) is 12.2. The summed E-state index contributed by atoms with van der Waals surface area (Å²) >= 11 is 0. The van der Waals surface area contributed by atoms with Gasteiger partial charge in [-0.1, -0.05) is 36.8 Å². The van der Waals surface area contributed by atoms with E-state index in [1.807, 2.05) is 18.2 Å². The number of hydrogen-bond donors (Lipinski definition) is 3. The van der Waals surface area contributed by atoms with Gasteiger partial charge in [-0.3, -0.25) is 4.79 Å². The molecule has 0 saturated heterocycles. The van der Waals surface area contributed by atoms with Crippen molar-refractivity contribution in [1.82, 2.24) is 16.0 Å². The number of rotatable bonds is 7. The normalized spacial score (nSPS) is 15.0. The van der Waals surface area contributed by atoms with Gasteiger partial charge in [0.1, 0.15) is 5.76 Å². The molecular weight excluding hydrogens is 318 g/mol. The van der Waals surface area contributed by atoms with Crippen molar-refractivity contribution < 1.29 is 14.0 Å². The Hall–Kier alpha value is -2.76. The molecule has 1 aliphatic rings. The minimum Gasteiger partial charge on any atom is -0.467 e. The molecule has 0 atom stereocenters. The van der Waals surface area contributed by atoms with E-state index in [0.29, 0.717) is 18.8 Å². The smallest absolute Gasteiger partial charge is 0.315 e. The number of nitrogens with one attached hydrogen (secondary N) is 3. The molecule has 0 bridgehead atoms. The average Bonchev–Trinajstić information content (AvgIpc) is 3.12. The van der Waals surface area contributed by atoms with Gasteiger partial charge in [0.15, 0.2) is 0 Å². The zero-order chi connectivity index (χ0) is 17.5. The summed E-state index contributed by atoms with van der Waals surface area (Å²) in [7, 11) is 0. The van der Waals surface area contributed by atoms with Gasteiger partial charge in [-0.05, 0) is 30.5 Å². The van der Waals surface area contributed by atoms with E-state index in [2.05, 4.69) is 28.1 Å². The van der Waals surface area contributed by atoms with Crippen LogP contribution in [-0.2, 0) is 16.8 Å². The van der Waals surface area contributed by atoms with E-state index in [1.165, 1.54) is 12.0 Å². The molecule has 1 aromatic heterocycles. The lowest BCUT2D eigenvalue weighted by atomic mass is 9.64. The SMILES string of the molecule is O=C(CNC(=O)NCC1(c2ccccc2)CCC1)NCc1ccco1. The lowest BCUT2D eigenvalue weighted by molar-refractivity contribution is -0.120. The van der Waals surface area contributed by atoms with Gasteiger partial charge in [0.25, 0.3) is 0 Å². The molecule has 3 rings (SSSR count). The molecule has 1 aromatic carbocycles. The molecule has 25 heavy (non-hydrogen) atoms. The standard InChI is InChI=1S/C19H23N3O3/c23-17(20-12-16-8-4-11-25-16)13-21-18(24)22-14-19(9-5-10-19)15-6-2-1-3-7-15/h1-4,6-8,11H,5,9-10,12-14H2,(H,20,23)(H2,21,22,24). The van der Waals surface area contributed by atoms with Gasteiger partial charge in [0.05, 0.1) is 19.4 Å². The van der Waals surface area contributed by atoms with E-state index in [1.54, 1.807) is 18.4 Å². The summed E-state index contributed by atoms with van der Waals surface area (Å²) in [4.78, 5) is 23.7. The Labute approximate surface area is 147 Å². The van der Waals surface area contributed by atoms with Crippen LogP contribution in [-0.4, -0.2) is 25.0 Å². The zero-order valence-electron chi connectivity index (χ0n) is 14.1. The highest BCUT2D eigenvalue weighted by Crippen LogP contribution is 2.43. The fourth-order valence-corrected chi connectivity index (χ4v) is 3.10. The van der Waals surface area contributed by atoms with Crippen LogP contribution in [0.1, 0.15) is 30.6 Å². The van der Waals surface area contributed by atoms with E-state index in [9.17, 15) is 9.59 Å². The Balaban J connectivity index is 1.39.